The quantitative estimate of drug-likeness (QED) is 0.354. The van der Waals surface area contributed by atoms with Crippen LogP contribution in [-0.2, 0) is 22.4 Å². The normalized spacial score (nSPS) is 15.3. The number of hydrogen-bond acceptors (Lipinski definition) is 5. The summed E-state index contributed by atoms with van der Waals surface area (Å²) in [5.41, 5.74) is 9.42. The molecule has 3 aliphatic rings. The summed E-state index contributed by atoms with van der Waals surface area (Å²) in [5.74, 6) is 3.69. The molecule has 0 aromatic heterocycles. The van der Waals surface area contributed by atoms with Crippen LogP contribution in [0.15, 0.2) is 30.3 Å². The fourth-order valence-corrected chi connectivity index (χ4v) is 5.22. The maximum Gasteiger partial charge on any atom is 0.223 e. The predicted octanol–water partition coefficient (Wildman–Crippen LogP) is 5.54. The maximum atomic E-state index is 11.6. The van der Waals surface area contributed by atoms with E-state index in [1.54, 1.807) is 19.1 Å². The van der Waals surface area contributed by atoms with Gasteiger partial charge in [-0.05, 0) is 96.3 Å². The molecule has 1 heterocycles. The molecule has 40 heavy (non-hydrogen) atoms. The van der Waals surface area contributed by atoms with Crippen LogP contribution in [0.25, 0.3) is 16.7 Å². The number of nitrogens with zero attached hydrogens (tertiary/aromatic N) is 2. The topological polar surface area (TPSA) is 59.1 Å². The number of benzene rings is 2. The van der Waals surface area contributed by atoms with E-state index in [4.69, 9.17) is 15.9 Å². The summed E-state index contributed by atoms with van der Waals surface area (Å²) in [6, 6.07) is 8.72. The van der Waals surface area contributed by atoms with Crippen molar-refractivity contribution in [2.24, 2.45) is 0 Å². The molecule has 0 N–H and O–H groups in total. The lowest BCUT2D eigenvalue weighted by atomic mass is 9.87. The largest absolute Gasteiger partial charge is 0.497 e. The number of terminal acetylenes is 1. The number of rotatable bonds is 6. The van der Waals surface area contributed by atoms with Crippen LogP contribution in [0.4, 0.5) is 0 Å². The third-order valence-electron chi connectivity index (χ3n) is 7.52. The Morgan fingerprint density at radius 3 is 2.23 bits per heavy atom. The van der Waals surface area contributed by atoms with E-state index in [2.05, 4.69) is 48.6 Å². The van der Waals surface area contributed by atoms with Crippen LogP contribution in [0.5, 0.6) is 11.5 Å². The highest BCUT2D eigenvalue weighted by Gasteiger charge is 2.26. The Morgan fingerprint density at radius 1 is 0.950 bits per heavy atom. The van der Waals surface area contributed by atoms with Gasteiger partial charge in [-0.3, -0.25) is 9.59 Å². The molecule has 2 aliphatic carbocycles. The summed E-state index contributed by atoms with van der Waals surface area (Å²) >= 11 is 0. The van der Waals surface area contributed by atoms with Crippen molar-refractivity contribution in [3.63, 3.8) is 0 Å². The third-order valence-corrected chi connectivity index (χ3v) is 7.52. The minimum Gasteiger partial charge on any atom is -0.497 e. The molecule has 1 radical (unpaired) electrons. The van der Waals surface area contributed by atoms with Crippen LogP contribution in [0, 0.1) is 25.7 Å². The van der Waals surface area contributed by atoms with E-state index >= 15 is 0 Å². The predicted molar refractivity (Wildman–Crippen MR) is 163 cm³/mol. The number of piperazine rings is 1. The number of carbonyl (C=O) groups excluding carboxylic acids is 2. The first-order chi connectivity index (χ1) is 19.4. The van der Waals surface area contributed by atoms with Crippen molar-refractivity contribution < 1.29 is 19.1 Å². The molecule has 213 valence electrons. The van der Waals surface area contributed by atoms with Crippen molar-refractivity contribution >= 4 is 17.3 Å². The lowest BCUT2D eigenvalue weighted by molar-refractivity contribution is -0.134. The fourth-order valence-electron chi connectivity index (χ4n) is 5.22. The van der Waals surface area contributed by atoms with Gasteiger partial charge in [-0.25, -0.2) is 0 Å². The summed E-state index contributed by atoms with van der Waals surface area (Å²) < 4.78 is 11.1. The molecule has 1 amide bonds. The van der Waals surface area contributed by atoms with Crippen LogP contribution in [0.3, 0.4) is 0 Å². The van der Waals surface area contributed by atoms with Gasteiger partial charge in [-0.2, -0.15) is 0 Å². The number of amides is 1. The zero-order valence-corrected chi connectivity index (χ0v) is 24.9. The zero-order valence-electron chi connectivity index (χ0n) is 24.9. The van der Waals surface area contributed by atoms with Crippen molar-refractivity contribution in [3.05, 3.63) is 59.0 Å². The first kappa shape index (κ1) is 31.0. The number of aryl methyl sites for hydroxylation is 2. The third kappa shape index (κ3) is 7.55. The van der Waals surface area contributed by atoms with Crippen LogP contribution in [0.1, 0.15) is 55.4 Å². The molecule has 1 saturated heterocycles. The number of likely N-dealkylation sites (N-methyl/N-ethyl adjacent to an activating group) is 1. The lowest BCUT2D eigenvalue weighted by Gasteiger charge is -2.32. The second-order valence-electron chi connectivity index (χ2n) is 10.0. The number of ketones is 1. The fraction of sp³-hybridized carbons (Fsp3) is 0.441. The van der Waals surface area contributed by atoms with Gasteiger partial charge in [-0.15, -0.1) is 6.42 Å². The van der Waals surface area contributed by atoms with Gasteiger partial charge >= 0.3 is 0 Å². The number of hydrogen-bond donors (Lipinski definition) is 0. The molecule has 0 bridgehead atoms. The molecule has 6 nitrogen and oxygen atoms in total. The summed E-state index contributed by atoms with van der Waals surface area (Å²) in [6.07, 6.45) is 13.0. The van der Waals surface area contributed by atoms with Gasteiger partial charge < -0.3 is 19.3 Å². The molecular formula is C34H43N2O4. The van der Waals surface area contributed by atoms with Gasteiger partial charge in [0.2, 0.25) is 11.7 Å². The standard InChI is InChI=1S/C21H21O2.C11H16N2O2.C2H6/c1-13-19(23-3)12-16-6-4-5-15-11-17(22-2)9-10-18(15)21(16)20(13)14-7-8-14;1-3-10(14)4-5-11(15)13-8-6-12(2)7-9-13;1-2/h7-12H,4-6H2,1-3H3;1H,4-9H2,2H3;1-2H3. The average molecular weight is 544 g/mol. The second kappa shape index (κ2) is 14.7. The van der Waals surface area contributed by atoms with Crippen LogP contribution in [0.2, 0.25) is 0 Å². The Morgan fingerprint density at radius 2 is 1.62 bits per heavy atom. The summed E-state index contributed by atoms with van der Waals surface area (Å²) in [4.78, 5) is 26.4. The van der Waals surface area contributed by atoms with Gasteiger partial charge in [0.15, 0.2) is 0 Å². The molecule has 5 rings (SSSR count). The highest BCUT2D eigenvalue weighted by atomic mass is 16.5. The summed E-state index contributed by atoms with van der Waals surface area (Å²) in [5, 5.41) is 0. The smallest absolute Gasteiger partial charge is 0.223 e. The van der Waals surface area contributed by atoms with Crippen molar-refractivity contribution in [1.82, 2.24) is 9.80 Å². The first-order valence-electron chi connectivity index (χ1n) is 14.2. The van der Waals surface area contributed by atoms with Gasteiger partial charge in [0.25, 0.3) is 0 Å². The molecular weight excluding hydrogens is 500 g/mol. The van der Waals surface area contributed by atoms with E-state index in [1.807, 2.05) is 26.8 Å². The lowest BCUT2D eigenvalue weighted by Crippen LogP contribution is -2.47. The van der Waals surface area contributed by atoms with Crippen molar-refractivity contribution in [2.45, 2.75) is 52.9 Å². The number of carbonyl (C=O) groups is 2. The van der Waals surface area contributed by atoms with Crippen LogP contribution in [-0.4, -0.2) is 68.9 Å². The number of fused-ring (bicyclic) bond motifs is 3. The average Bonchev–Trinajstić information content (AvgIpc) is 3.84. The summed E-state index contributed by atoms with van der Waals surface area (Å²) in [6.45, 7) is 9.46. The number of methoxy groups -OCH3 is 2. The number of Topliss-reactive ketones (excluding diaryl/α,β-unsaturated/α-hetero) is 1. The maximum absolute atomic E-state index is 11.6. The van der Waals surface area contributed by atoms with E-state index in [0.29, 0.717) is 0 Å². The van der Waals surface area contributed by atoms with Crippen molar-refractivity contribution in [2.75, 3.05) is 47.4 Å². The molecule has 2 aromatic rings. The minimum atomic E-state index is -0.294. The van der Waals surface area contributed by atoms with E-state index in [9.17, 15) is 9.59 Å². The Balaban J connectivity index is 0.000000226. The van der Waals surface area contributed by atoms with Gasteiger partial charge in [0.1, 0.15) is 11.5 Å². The Labute approximate surface area is 240 Å². The van der Waals surface area contributed by atoms with Gasteiger partial charge in [0.05, 0.1) is 14.2 Å². The van der Waals surface area contributed by atoms with E-state index in [1.165, 1.54) is 39.0 Å². The molecule has 0 saturated carbocycles. The van der Waals surface area contributed by atoms with E-state index < -0.39 is 0 Å². The molecule has 0 atom stereocenters. The molecule has 0 unspecified atom stereocenters. The molecule has 1 aliphatic heterocycles. The van der Waals surface area contributed by atoms with Gasteiger partial charge in [-0.1, -0.05) is 26.0 Å². The molecule has 0 spiro atoms. The summed E-state index contributed by atoms with van der Waals surface area (Å²) in [7, 11) is 5.53. The van der Waals surface area contributed by atoms with Gasteiger partial charge in [0, 0.05) is 45.4 Å². The highest BCUT2D eigenvalue weighted by molar-refractivity contribution is 5.98. The molecule has 1 fully saturated rings. The molecule has 6 heteroatoms. The number of allylic oxidation sites excluding steroid dienone is 2. The first-order valence-corrected chi connectivity index (χ1v) is 14.2. The van der Waals surface area contributed by atoms with E-state index in [-0.39, 0.29) is 24.5 Å². The second-order valence-corrected chi connectivity index (χ2v) is 10.0. The molecule has 2 aromatic carbocycles. The Kier molecular flexibility index (Phi) is 11.4. The minimum absolute atomic E-state index is 0.0340. The Bertz CT molecular complexity index is 1280. The van der Waals surface area contributed by atoms with Crippen molar-refractivity contribution in [3.8, 4) is 35.0 Å². The van der Waals surface area contributed by atoms with E-state index in [0.717, 1.165) is 56.9 Å². The SMILES string of the molecule is C#CC(=O)CCC(=O)N1CCN(C)CC1.CC.COc1ccc2c(c1)CCCc1cc(OC)c(C)c(C3=C[CH]3)c1-2. The van der Waals surface area contributed by atoms with Crippen molar-refractivity contribution in [1.29, 1.82) is 0 Å². The monoisotopic (exact) mass is 543 g/mol. The zero-order chi connectivity index (χ0) is 29.2. The number of ether oxygens (including phenoxy) is 2. The highest BCUT2D eigenvalue weighted by Crippen LogP contribution is 2.47. The Hall–Kier alpha value is -3.56. The van der Waals surface area contributed by atoms with Crippen LogP contribution < -0.4 is 9.47 Å². The van der Waals surface area contributed by atoms with Crippen LogP contribution >= 0.6 is 0 Å².